The molecule has 0 aromatic carbocycles. The maximum Gasteiger partial charge on any atom is 0.262 e. The number of aromatic nitrogens is 2. The molecule has 2 aromatic rings. The first-order valence-corrected chi connectivity index (χ1v) is 7.29. The molecule has 3 rings (SSSR count). The van der Waals surface area contributed by atoms with Crippen LogP contribution in [0.4, 0.5) is 0 Å². The molecule has 1 aliphatic carbocycles. The molecule has 0 atom stereocenters. The van der Waals surface area contributed by atoms with E-state index in [0.717, 1.165) is 22.5 Å². The van der Waals surface area contributed by atoms with E-state index in [2.05, 4.69) is 17.6 Å². The topological polar surface area (TPSA) is 34.9 Å². The molecule has 0 spiro atoms. The Kier molecular flexibility index (Phi) is 2.75. The van der Waals surface area contributed by atoms with Gasteiger partial charge in [0.25, 0.3) is 5.56 Å². The van der Waals surface area contributed by atoms with E-state index in [4.69, 9.17) is 0 Å². The van der Waals surface area contributed by atoms with E-state index in [9.17, 15) is 4.79 Å². The fraction of sp³-hybridized carbons (Fsp3) is 0.500. The van der Waals surface area contributed by atoms with Crippen LogP contribution in [-0.2, 0) is 6.54 Å². The lowest BCUT2D eigenvalue weighted by Crippen LogP contribution is -2.39. The maximum atomic E-state index is 12.2. The molecule has 5 heteroatoms. The molecule has 0 unspecified atom stereocenters. The normalized spacial score (nSPS) is 18.2. The average Bonchev–Trinajstić information content (AvgIpc) is 2.75. The van der Waals surface area contributed by atoms with Gasteiger partial charge in [-0.05, 0) is 35.5 Å². The Balaban J connectivity index is 2.00. The van der Waals surface area contributed by atoms with Crippen LogP contribution in [0.15, 0.2) is 22.6 Å². The highest BCUT2D eigenvalue weighted by Gasteiger charge is 2.36. The van der Waals surface area contributed by atoms with Crippen molar-refractivity contribution in [3.05, 3.63) is 28.1 Å². The van der Waals surface area contributed by atoms with Crippen molar-refractivity contribution < 1.29 is 0 Å². The van der Waals surface area contributed by atoms with E-state index in [1.165, 1.54) is 30.6 Å². The number of thiophene rings is 1. The smallest absolute Gasteiger partial charge is 0.262 e. The van der Waals surface area contributed by atoms with Gasteiger partial charge in [0.1, 0.15) is 4.83 Å². The van der Waals surface area contributed by atoms with Crippen LogP contribution in [0.2, 0.25) is 0 Å². The maximum absolute atomic E-state index is 12.2. The Labute approximate surface area is 109 Å². The van der Waals surface area contributed by atoms with Crippen LogP contribution >= 0.6 is 24.0 Å². The Bertz CT molecular complexity index is 592. The van der Waals surface area contributed by atoms with Crippen molar-refractivity contribution in [1.82, 2.24) is 9.55 Å². The number of hydrogen-bond donors (Lipinski definition) is 1. The number of hydrogen-bond acceptors (Lipinski definition) is 4. The third-order valence-corrected chi connectivity index (χ3v) is 5.20. The molecule has 0 N–H and O–H groups in total. The fourth-order valence-electron chi connectivity index (χ4n) is 2.41. The molecular weight excluding hydrogens is 252 g/mol. The summed E-state index contributed by atoms with van der Waals surface area (Å²) >= 11 is 5.94. The summed E-state index contributed by atoms with van der Waals surface area (Å²) in [5, 5.41) is 2.66. The second-order valence-corrected chi connectivity index (χ2v) is 6.04. The molecule has 0 radical (unpaired) electrons. The lowest BCUT2D eigenvalue weighted by atomic mass is 9.70. The van der Waals surface area contributed by atoms with Gasteiger partial charge in [0.05, 0.1) is 11.7 Å². The quantitative estimate of drug-likeness (QED) is 0.867. The van der Waals surface area contributed by atoms with Crippen LogP contribution in [-0.4, -0.2) is 15.3 Å². The Hall–Kier alpha value is -0.810. The predicted octanol–water partition coefficient (Wildman–Crippen LogP) is 2.56. The molecule has 2 heterocycles. The van der Waals surface area contributed by atoms with Crippen molar-refractivity contribution >= 4 is 34.2 Å². The largest absolute Gasteiger partial charge is 0.298 e. The van der Waals surface area contributed by atoms with Crippen LogP contribution in [0.5, 0.6) is 0 Å². The van der Waals surface area contributed by atoms with Gasteiger partial charge in [0, 0.05) is 6.54 Å². The van der Waals surface area contributed by atoms with E-state index in [1.54, 1.807) is 10.9 Å². The van der Waals surface area contributed by atoms with Gasteiger partial charge in [-0.15, -0.1) is 11.3 Å². The first-order valence-electron chi connectivity index (χ1n) is 5.78. The van der Waals surface area contributed by atoms with Crippen molar-refractivity contribution in [2.24, 2.45) is 5.41 Å². The van der Waals surface area contributed by atoms with Gasteiger partial charge in [-0.25, -0.2) is 4.98 Å². The summed E-state index contributed by atoms with van der Waals surface area (Å²) in [5.41, 5.74) is 0.308. The molecule has 0 bridgehead atoms. The molecule has 2 aromatic heterocycles. The minimum absolute atomic E-state index is 0.0873. The molecule has 1 aliphatic rings. The SMILES string of the molecule is O=c1c2ccsc2ncn1CC1(CS)CCC1. The number of thiol groups is 1. The first-order chi connectivity index (χ1) is 8.24. The van der Waals surface area contributed by atoms with Crippen molar-refractivity contribution in [2.45, 2.75) is 25.8 Å². The summed E-state index contributed by atoms with van der Waals surface area (Å²) in [7, 11) is 0. The summed E-state index contributed by atoms with van der Waals surface area (Å²) in [6, 6.07) is 1.86. The van der Waals surface area contributed by atoms with Crippen LogP contribution in [0.3, 0.4) is 0 Å². The van der Waals surface area contributed by atoms with Gasteiger partial charge in [-0.1, -0.05) is 6.42 Å². The van der Waals surface area contributed by atoms with E-state index >= 15 is 0 Å². The van der Waals surface area contributed by atoms with Crippen molar-refractivity contribution in [2.75, 3.05) is 5.75 Å². The van der Waals surface area contributed by atoms with Crippen LogP contribution in [0.1, 0.15) is 19.3 Å². The van der Waals surface area contributed by atoms with Gasteiger partial charge >= 0.3 is 0 Å². The summed E-state index contributed by atoms with van der Waals surface area (Å²) in [5.74, 6) is 0.848. The summed E-state index contributed by atoms with van der Waals surface area (Å²) in [4.78, 5) is 17.4. The van der Waals surface area contributed by atoms with Crippen LogP contribution in [0, 0.1) is 5.41 Å². The molecule has 17 heavy (non-hydrogen) atoms. The second kappa shape index (κ2) is 4.14. The Morgan fingerprint density at radius 1 is 1.53 bits per heavy atom. The summed E-state index contributed by atoms with van der Waals surface area (Å²) in [6.07, 6.45) is 5.28. The standard InChI is InChI=1S/C12H14N2OS2/c15-11-9-2-5-17-10(9)13-8-14(11)6-12(7-16)3-1-4-12/h2,5,8,16H,1,3-4,6-7H2. The number of nitrogens with zero attached hydrogens (tertiary/aromatic N) is 2. The molecule has 0 saturated heterocycles. The predicted molar refractivity (Wildman–Crippen MR) is 74.0 cm³/mol. The highest BCUT2D eigenvalue weighted by Crippen LogP contribution is 2.42. The van der Waals surface area contributed by atoms with Gasteiger partial charge in [0.15, 0.2) is 0 Å². The van der Waals surface area contributed by atoms with Crippen LogP contribution < -0.4 is 5.56 Å². The zero-order chi connectivity index (χ0) is 11.9. The lowest BCUT2D eigenvalue weighted by Gasteiger charge is -2.41. The van der Waals surface area contributed by atoms with Gasteiger partial charge in [-0.3, -0.25) is 9.36 Å². The molecule has 0 amide bonds. The zero-order valence-corrected chi connectivity index (χ0v) is 11.1. The molecule has 0 aliphatic heterocycles. The highest BCUT2D eigenvalue weighted by atomic mass is 32.1. The highest BCUT2D eigenvalue weighted by molar-refractivity contribution is 7.80. The molecule has 90 valence electrons. The van der Waals surface area contributed by atoms with Crippen molar-refractivity contribution in [3.63, 3.8) is 0 Å². The first kappa shape index (κ1) is 11.3. The van der Waals surface area contributed by atoms with Gasteiger partial charge in [-0.2, -0.15) is 12.6 Å². The van der Waals surface area contributed by atoms with E-state index in [1.807, 2.05) is 11.4 Å². The third kappa shape index (κ3) is 1.81. The zero-order valence-electron chi connectivity index (χ0n) is 9.43. The lowest BCUT2D eigenvalue weighted by molar-refractivity contribution is 0.137. The molecule has 1 saturated carbocycles. The van der Waals surface area contributed by atoms with Crippen LogP contribution in [0.25, 0.3) is 10.2 Å². The minimum atomic E-state index is 0.0873. The molecular formula is C12H14N2OS2. The Morgan fingerprint density at radius 3 is 3.00 bits per heavy atom. The van der Waals surface area contributed by atoms with Gasteiger partial charge < -0.3 is 0 Å². The average molecular weight is 266 g/mol. The number of fused-ring (bicyclic) bond motifs is 1. The van der Waals surface area contributed by atoms with E-state index in [-0.39, 0.29) is 11.0 Å². The monoisotopic (exact) mass is 266 g/mol. The van der Waals surface area contributed by atoms with Crippen molar-refractivity contribution in [1.29, 1.82) is 0 Å². The fourth-order valence-corrected chi connectivity index (χ4v) is 3.55. The second-order valence-electron chi connectivity index (χ2n) is 4.83. The van der Waals surface area contributed by atoms with E-state index in [0.29, 0.717) is 0 Å². The van der Waals surface area contributed by atoms with E-state index < -0.39 is 0 Å². The minimum Gasteiger partial charge on any atom is -0.298 e. The Morgan fingerprint density at radius 2 is 2.35 bits per heavy atom. The summed E-state index contributed by atoms with van der Waals surface area (Å²) in [6.45, 7) is 0.758. The molecule has 3 nitrogen and oxygen atoms in total. The van der Waals surface area contributed by atoms with Gasteiger partial charge in [0.2, 0.25) is 0 Å². The summed E-state index contributed by atoms with van der Waals surface area (Å²) < 4.78 is 1.75. The molecule has 1 fully saturated rings. The van der Waals surface area contributed by atoms with Crippen molar-refractivity contribution in [3.8, 4) is 0 Å². The third-order valence-electron chi connectivity index (χ3n) is 3.71. The number of rotatable bonds is 3.